The summed E-state index contributed by atoms with van der Waals surface area (Å²) in [6.07, 6.45) is 2.75. The summed E-state index contributed by atoms with van der Waals surface area (Å²) in [4.78, 5) is 54.9. The third-order valence-corrected chi connectivity index (χ3v) is 5.74. The number of benzene rings is 1. The summed E-state index contributed by atoms with van der Waals surface area (Å²) in [5.74, 6) is -0.867. The Hall–Kier alpha value is -3.82. The average Bonchev–Trinajstić information content (AvgIpc) is 3.37. The van der Waals surface area contributed by atoms with Crippen molar-refractivity contribution in [1.29, 1.82) is 0 Å². The van der Waals surface area contributed by atoms with Crippen molar-refractivity contribution < 1.29 is 33.2 Å². The van der Waals surface area contributed by atoms with Gasteiger partial charge in [0.15, 0.2) is 5.76 Å². The summed E-state index contributed by atoms with van der Waals surface area (Å²) in [5, 5.41) is 6.17. The van der Waals surface area contributed by atoms with Gasteiger partial charge in [-0.3, -0.25) is 14.4 Å². The summed E-state index contributed by atoms with van der Waals surface area (Å²) in [5.41, 5.74) is 0.0352. The maximum absolute atomic E-state index is 13.2. The second-order valence-electron chi connectivity index (χ2n) is 9.85. The van der Waals surface area contributed by atoms with Crippen molar-refractivity contribution in [2.75, 3.05) is 6.67 Å². The molecule has 10 nitrogen and oxygen atoms in total. The van der Waals surface area contributed by atoms with Gasteiger partial charge in [0, 0.05) is 5.56 Å². The van der Waals surface area contributed by atoms with Gasteiger partial charge in [-0.1, -0.05) is 63.4 Å². The minimum absolute atomic E-state index is 0.113. The SMILES string of the molecule is CCCCCC(C(=O)NCNC(=O)c1ccc(-c2ccccc2)o1)C(CC)N(C=O)OC(=O)OC(C)(C)C. The predicted molar refractivity (Wildman–Crippen MR) is 142 cm³/mol. The molecule has 3 amide bonds. The molecule has 2 aromatic rings. The van der Waals surface area contributed by atoms with Gasteiger partial charge in [-0.05, 0) is 45.7 Å². The molecule has 0 fully saturated rings. The van der Waals surface area contributed by atoms with Crippen LogP contribution in [-0.4, -0.2) is 47.8 Å². The summed E-state index contributed by atoms with van der Waals surface area (Å²) in [7, 11) is 0. The van der Waals surface area contributed by atoms with E-state index >= 15 is 0 Å². The Balaban J connectivity index is 2.03. The smallest absolute Gasteiger partial charge is 0.451 e. The summed E-state index contributed by atoms with van der Waals surface area (Å²) in [6.45, 7) is 8.73. The van der Waals surface area contributed by atoms with Crippen LogP contribution in [0.15, 0.2) is 46.9 Å². The number of rotatable bonds is 14. The van der Waals surface area contributed by atoms with Crippen molar-refractivity contribution in [1.82, 2.24) is 15.7 Å². The highest BCUT2D eigenvalue weighted by atomic mass is 16.8. The molecule has 0 spiro atoms. The van der Waals surface area contributed by atoms with Gasteiger partial charge in [-0.25, -0.2) is 4.79 Å². The molecular formula is C28H39N3O7. The Morgan fingerprint density at radius 2 is 1.74 bits per heavy atom. The van der Waals surface area contributed by atoms with Crippen LogP contribution >= 0.6 is 0 Å². The fourth-order valence-corrected chi connectivity index (χ4v) is 3.92. The van der Waals surface area contributed by atoms with Crippen LogP contribution in [0.1, 0.15) is 77.3 Å². The maximum Gasteiger partial charge on any atom is 0.534 e. The molecule has 2 atom stereocenters. The van der Waals surface area contributed by atoms with Crippen LogP contribution in [0, 0.1) is 5.92 Å². The van der Waals surface area contributed by atoms with E-state index in [0.717, 1.165) is 29.9 Å². The zero-order chi connectivity index (χ0) is 28.1. The lowest BCUT2D eigenvalue weighted by Gasteiger charge is -2.32. The molecule has 0 radical (unpaired) electrons. The molecule has 0 bridgehead atoms. The number of nitrogens with one attached hydrogen (secondary N) is 2. The van der Waals surface area contributed by atoms with Crippen molar-refractivity contribution >= 4 is 24.4 Å². The largest absolute Gasteiger partial charge is 0.534 e. The second kappa shape index (κ2) is 14.8. The van der Waals surface area contributed by atoms with Gasteiger partial charge in [0.1, 0.15) is 11.4 Å². The number of ether oxygens (including phenoxy) is 1. The minimum Gasteiger partial charge on any atom is -0.451 e. The molecule has 0 aliphatic heterocycles. The molecule has 38 heavy (non-hydrogen) atoms. The van der Waals surface area contributed by atoms with Gasteiger partial charge in [0.25, 0.3) is 5.91 Å². The van der Waals surface area contributed by atoms with E-state index in [1.165, 1.54) is 0 Å². The number of carbonyl (C=O) groups excluding carboxylic acids is 4. The summed E-state index contributed by atoms with van der Waals surface area (Å²) >= 11 is 0. The average molecular weight is 530 g/mol. The summed E-state index contributed by atoms with van der Waals surface area (Å²) in [6, 6.07) is 11.9. The molecule has 0 aliphatic rings. The number of furan rings is 1. The van der Waals surface area contributed by atoms with Gasteiger partial charge in [0.05, 0.1) is 18.6 Å². The van der Waals surface area contributed by atoms with Crippen LogP contribution < -0.4 is 10.6 Å². The molecule has 2 unspecified atom stereocenters. The highest BCUT2D eigenvalue weighted by Gasteiger charge is 2.34. The highest BCUT2D eigenvalue weighted by molar-refractivity contribution is 5.92. The number of nitrogens with zero attached hydrogens (tertiary/aromatic N) is 1. The Bertz CT molecular complexity index is 1050. The van der Waals surface area contributed by atoms with E-state index in [2.05, 4.69) is 10.6 Å². The molecule has 0 saturated heterocycles. The van der Waals surface area contributed by atoms with E-state index in [0.29, 0.717) is 25.0 Å². The normalized spacial score (nSPS) is 12.7. The van der Waals surface area contributed by atoms with Gasteiger partial charge >= 0.3 is 6.16 Å². The predicted octanol–water partition coefficient (Wildman–Crippen LogP) is 5.05. The Morgan fingerprint density at radius 3 is 2.34 bits per heavy atom. The van der Waals surface area contributed by atoms with Crippen molar-refractivity contribution in [3.63, 3.8) is 0 Å². The number of unbranched alkanes of at least 4 members (excludes halogenated alkanes) is 2. The first kappa shape index (κ1) is 30.4. The van der Waals surface area contributed by atoms with Gasteiger partial charge in [-0.15, -0.1) is 0 Å². The molecule has 1 aromatic carbocycles. The van der Waals surface area contributed by atoms with Gasteiger partial charge in [-0.2, -0.15) is 5.06 Å². The van der Waals surface area contributed by atoms with Crippen molar-refractivity contribution in [3.05, 3.63) is 48.2 Å². The fourth-order valence-electron chi connectivity index (χ4n) is 3.92. The van der Waals surface area contributed by atoms with Crippen molar-refractivity contribution in [2.24, 2.45) is 5.92 Å². The first-order valence-electron chi connectivity index (χ1n) is 12.9. The third kappa shape index (κ3) is 9.57. The van der Waals surface area contributed by atoms with Crippen LogP contribution in [0.4, 0.5) is 4.79 Å². The molecule has 1 heterocycles. The Labute approximate surface area is 224 Å². The molecule has 2 rings (SSSR count). The number of hydrogen-bond acceptors (Lipinski definition) is 7. The molecule has 1 aromatic heterocycles. The van der Waals surface area contributed by atoms with Gasteiger partial charge in [0.2, 0.25) is 12.3 Å². The number of carbonyl (C=O) groups is 4. The van der Waals surface area contributed by atoms with Crippen molar-refractivity contribution in [2.45, 2.75) is 78.4 Å². The zero-order valence-corrected chi connectivity index (χ0v) is 22.8. The van der Waals surface area contributed by atoms with Crippen LogP contribution in [0.5, 0.6) is 0 Å². The Kier molecular flexibility index (Phi) is 11.8. The maximum atomic E-state index is 13.2. The van der Waals surface area contributed by atoms with E-state index in [1.54, 1.807) is 39.8 Å². The number of hydrogen-bond donors (Lipinski definition) is 2. The minimum atomic E-state index is -1.03. The molecule has 10 heteroatoms. The van der Waals surface area contributed by atoms with E-state index in [4.69, 9.17) is 14.0 Å². The lowest BCUT2D eigenvalue weighted by molar-refractivity contribution is -0.182. The quantitative estimate of drug-likeness (QED) is 0.115. The van der Waals surface area contributed by atoms with E-state index in [-0.39, 0.29) is 18.3 Å². The standard InChI is InChI=1S/C28H39N3O7/c1-6-8-10-15-21(22(7-2)31(19-32)38-27(35)37-28(3,4)5)25(33)29-18-30-26(34)24-17-16-23(36-24)20-13-11-9-12-14-20/h9,11-14,16-17,19,21-22H,6-8,10,15,18H2,1-5H3,(H,29,33)(H,30,34). The van der Waals surface area contributed by atoms with Crippen LogP contribution in [0.25, 0.3) is 11.3 Å². The highest BCUT2D eigenvalue weighted by Crippen LogP contribution is 2.23. The van der Waals surface area contributed by atoms with Crippen LogP contribution in [0.3, 0.4) is 0 Å². The first-order chi connectivity index (χ1) is 18.1. The van der Waals surface area contributed by atoms with E-state index in [9.17, 15) is 19.2 Å². The molecule has 0 aliphatic carbocycles. The Morgan fingerprint density at radius 1 is 1.03 bits per heavy atom. The van der Waals surface area contributed by atoms with Gasteiger partial charge < -0.3 is 24.6 Å². The van der Waals surface area contributed by atoms with E-state index in [1.807, 2.05) is 37.3 Å². The summed E-state index contributed by atoms with van der Waals surface area (Å²) < 4.78 is 10.8. The lowest BCUT2D eigenvalue weighted by atomic mass is 9.90. The van der Waals surface area contributed by atoms with Crippen LogP contribution in [0.2, 0.25) is 0 Å². The molecule has 208 valence electrons. The fraction of sp³-hybridized carbons (Fsp3) is 0.500. The molecule has 0 saturated carbocycles. The third-order valence-electron chi connectivity index (χ3n) is 5.74. The zero-order valence-electron chi connectivity index (χ0n) is 22.8. The topological polar surface area (TPSA) is 127 Å². The van der Waals surface area contributed by atoms with E-state index < -0.39 is 29.6 Å². The second-order valence-corrected chi connectivity index (χ2v) is 9.85. The molecular weight excluding hydrogens is 490 g/mol. The number of amides is 3. The lowest BCUT2D eigenvalue weighted by Crippen LogP contribution is -2.49. The van der Waals surface area contributed by atoms with Crippen molar-refractivity contribution in [3.8, 4) is 11.3 Å². The van der Waals surface area contributed by atoms with Crippen LogP contribution in [-0.2, 0) is 19.2 Å². The first-order valence-corrected chi connectivity index (χ1v) is 12.9. The molecule has 2 N–H and O–H groups in total. The monoisotopic (exact) mass is 529 g/mol. The number of hydroxylamine groups is 2.